The van der Waals surface area contributed by atoms with E-state index in [-0.39, 0.29) is 28.7 Å². The minimum atomic E-state index is -1.29. The first-order chi connectivity index (χ1) is 18.3. The van der Waals surface area contributed by atoms with Crippen molar-refractivity contribution >= 4 is 23.6 Å². The molecule has 1 aliphatic heterocycles. The fourth-order valence-electron chi connectivity index (χ4n) is 4.92. The summed E-state index contributed by atoms with van der Waals surface area (Å²) in [7, 11) is 3.08. The van der Waals surface area contributed by atoms with Crippen molar-refractivity contribution in [2.45, 2.75) is 65.5 Å². The number of aliphatic hydroxyl groups excluding tert-OH is 1. The van der Waals surface area contributed by atoms with E-state index in [1.165, 1.54) is 13.2 Å². The molecular weight excluding hydrogens is 504 g/mol. The molecule has 2 bridgehead atoms. The van der Waals surface area contributed by atoms with Crippen molar-refractivity contribution in [3.63, 3.8) is 0 Å². The summed E-state index contributed by atoms with van der Waals surface area (Å²) in [6, 6.07) is 0. The third kappa shape index (κ3) is 8.32. The molecule has 2 aliphatic rings. The van der Waals surface area contributed by atoms with E-state index in [0.29, 0.717) is 6.42 Å². The van der Waals surface area contributed by atoms with Gasteiger partial charge in [-0.05, 0) is 37.8 Å². The molecule has 1 aliphatic carbocycles. The lowest BCUT2D eigenvalue weighted by Crippen LogP contribution is -2.40. The molecule has 0 fully saturated rings. The minimum absolute atomic E-state index is 0.0994. The van der Waals surface area contributed by atoms with Crippen molar-refractivity contribution in [1.82, 2.24) is 5.32 Å². The van der Waals surface area contributed by atoms with Crippen LogP contribution in [0.5, 0.6) is 0 Å². The van der Waals surface area contributed by atoms with Crippen molar-refractivity contribution in [2.75, 3.05) is 14.2 Å². The number of methoxy groups -OCH3 is 2. The number of ether oxygens (including phenoxy) is 3. The zero-order valence-corrected chi connectivity index (χ0v) is 23.6. The van der Waals surface area contributed by atoms with Crippen LogP contribution < -0.4 is 11.1 Å². The van der Waals surface area contributed by atoms with Crippen LogP contribution in [0.25, 0.3) is 0 Å². The first kappa shape index (κ1) is 31.9. The maximum absolute atomic E-state index is 13.1. The van der Waals surface area contributed by atoms with Gasteiger partial charge in [-0.1, -0.05) is 45.1 Å². The molecule has 0 saturated heterocycles. The number of aliphatic hydroxyl groups is 1. The van der Waals surface area contributed by atoms with Gasteiger partial charge in [0.15, 0.2) is 5.78 Å². The summed E-state index contributed by atoms with van der Waals surface area (Å²) in [6.45, 7) is 8.90. The van der Waals surface area contributed by atoms with Crippen LogP contribution in [0.3, 0.4) is 0 Å². The molecule has 10 heteroatoms. The summed E-state index contributed by atoms with van der Waals surface area (Å²) in [5, 5.41) is 13.6. The lowest BCUT2D eigenvalue weighted by molar-refractivity contribution is -0.120. The summed E-state index contributed by atoms with van der Waals surface area (Å²) >= 11 is 0. The summed E-state index contributed by atoms with van der Waals surface area (Å²) in [6.07, 6.45) is 5.45. The Morgan fingerprint density at radius 3 is 2.31 bits per heavy atom. The van der Waals surface area contributed by atoms with Gasteiger partial charge in [-0.25, -0.2) is 4.79 Å². The highest BCUT2D eigenvalue weighted by molar-refractivity contribution is 6.22. The Hall–Kier alpha value is -3.34. The highest BCUT2D eigenvalue weighted by Crippen LogP contribution is 2.29. The molecule has 0 radical (unpaired) electrons. The number of hydrogen-bond acceptors (Lipinski definition) is 8. The molecule has 0 saturated carbocycles. The number of carbonyl (C=O) groups is 4. The minimum Gasteiger partial charge on any atom is -0.441 e. The maximum Gasteiger partial charge on any atom is 0.405 e. The Bertz CT molecular complexity index is 1120. The first-order valence-corrected chi connectivity index (χ1v) is 12.9. The maximum atomic E-state index is 13.1. The topological polar surface area (TPSA) is 154 Å². The van der Waals surface area contributed by atoms with Gasteiger partial charge < -0.3 is 30.4 Å². The second kappa shape index (κ2) is 14.2. The van der Waals surface area contributed by atoms with Crippen LogP contribution in [-0.4, -0.2) is 67.3 Å². The largest absolute Gasteiger partial charge is 0.441 e. The highest BCUT2D eigenvalue weighted by Gasteiger charge is 2.35. The number of carbonyl (C=O) groups excluding carboxylic acids is 4. The highest BCUT2D eigenvalue weighted by atomic mass is 16.6. The van der Waals surface area contributed by atoms with Crippen molar-refractivity contribution < 1.29 is 38.5 Å². The van der Waals surface area contributed by atoms with E-state index in [1.807, 2.05) is 26.8 Å². The van der Waals surface area contributed by atoms with Gasteiger partial charge >= 0.3 is 6.09 Å². The molecule has 0 aromatic heterocycles. The van der Waals surface area contributed by atoms with E-state index in [4.69, 9.17) is 19.9 Å². The fourth-order valence-corrected chi connectivity index (χ4v) is 4.92. The third-order valence-electron chi connectivity index (χ3n) is 7.07. The molecule has 7 atom stereocenters. The van der Waals surface area contributed by atoms with Gasteiger partial charge in [-0.3, -0.25) is 14.4 Å². The number of amides is 2. The van der Waals surface area contributed by atoms with Crippen molar-refractivity contribution in [2.24, 2.45) is 23.5 Å². The SMILES string of the molecule is COC1CC(C)C(O)C2=CC(=O)C=C(NC(=O)C(C)=CC=CC(C)C(OC(N)=O)C(C)=CC(C)C1OC)C2=O. The van der Waals surface area contributed by atoms with Gasteiger partial charge in [0.1, 0.15) is 6.10 Å². The van der Waals surface area contributed by atoms with Gasteiger partial charge in [0.25, 0.3) is 5.91 Å². The quantitative estimate of drug-likeness (QED) is 0.362. The number of hydrogen-bond donors (Lipinski definition) is 3. The predicted molar refractivity (Wildman–Crippen MR) is 145 cm³/mol. The van der Waals surface area contributed by atoms with Gasteiger partial charge in [-0.2, -0.15) is 0 Å². The molecule has 0 aromatic carbocycles. The van der Waals surface area contributed by atoms with E-state index in [2.05, 4.69) is 5.32 Å². The van der Waals surface area contributed by atoms with Crippen molar-refractivity contribution in [1.29, 1.82) is 0 Å². The summed E-state index contributed by atoms with van der Waals surface area (Å²) in [5.41, 5.74) is 6.05. The standard InChI is InChI=1S/C29H40N2O8/c1-15-9-8-10-16(2)28(35)31-22-14-20(32)13-21(25(22)34)24(33)17(3)12-23(37-6)27(38-7)19(5)11-18(4)26(15)39-29(30)36/h8-11,13-15,17,19,23-24,26-27,33H,12H2,1-7H3,(H2,30,36)(H,31,35). The van der Waals surface area contributed by atoms with Crippen LogP contribution in [0.1, 0.15) is 41.0 Å². The van der Waals surface area contributed by atoms with Gasteiger partial charge in [0.2, 0.25) is 5.78 Å². The van der Waals surface area contributed by atoms with Crippen LogP contribution in [0.4, 0.5) is 4.79 Å². The fraction of sp³-hybridized carbons (Fsp3) is 0.517. The molecule has 0 spiro atoms. The van der Waals surface area contributed by atoms with E-state index in [1.54, 1.807) is 33.1 Å². The van der Waals surface area contributed by atoms with Crippen LogP contribution >= 0.6 is 0 Å². The van der Waals surface area contributed by atoms with E-state index < -0.39 is 53.9 Å². The summed E-state index contributed by atoms with van der Waals surface area (Å²) < 4.78 is 16.9. The molecule has 4 N–H and O–H groups in total. The number of fused-ring (bicyclic) bond motifs is 2. The molecule has 39 heavy (non-hydrogen) atoms. The zero-order chi connectivity index (χ0) is 29.4. The molecule has 1 heterocycles. The smallest absolute Gasteiger partial charge is 0.405 e. The van der Waals surface area contributed by atoms with E-state index in [9.17, 15) is 24.3 Å². The Morgan fingerprint density at radius 2 is 1.72 bits per heavy atom. The Morgan fingerprint density at radius 1 is 1.05 bits per heavy atom. The second-order valence-electron chi connectivity index (χ2n) is 10.2. The monoisotopic (exact) mass is 544 g/mol. The number of nitrogens with one attached hydrogen (secondary N) is 1. The van der Waals surface area contributed by atoms with Crippen LogP contribution in [0.2, 0.25) is 0 Å². The normalized spacial score (nSPS) is 31.5. The zero-order valence-electron chi connectivity index (χ0n) is 23.6. The van der Waals surface area contributed by atoms with Gasteiger partial charge in [-0.15, -0.1) is 0 Å². The summed E-state index contributed by atoms with van der Waals surface area (Å²) in [4.78, 5) is 49.9. The number of ketones is 2. The van der Waals surface area contributed by atoms with Crippen molar-refractivity contribution in [3.8, 4) is 0 Å². The summed E-state index contributed by atoms with van der Waals surface area (Å²) in [5.74, 6) is -2.76. The Labute approximate surface area is 229 Å². The first-order valence-electron chi connectivity index (χ1n) is 12.9. The van der Waals surface area contributed by atoms with Crippen LogP contribution in [-0.2, 0) is 28.6 Å². The number of allylic oxidation sites excluding steroid dienone is 5. The lowest BCUT2D eigenvalue weighted by Gasteiger charge is -2.33. The van der Waals surface area contributed by atoms with Gasteiger partial charge in [0.05, 0.1) is 24.0 Å². The number of rotatable bonds is 3. The average Bonchev–Trinajstić information content (AvgIpc) is 2.87. The third-order valence-corrected chi connectivity index (χ3v) is 7.07. The second-order valence-corrected chi connectivity index (χ2v) is 10.2. The molecular formula is C29H40N2O8. The predicted octanol–water partition coefficient (Wildman–Crippen LogP) is 2.68. The van der Waals surface area contributed by atoms with Crippen LogP contribution in [0, 0.1) is 17.8 Å². The average molecular weight is 545 g/mol. The molecule has 214 valence electrons. The van der Waals surface area contributed by atoms with E-state index >= 15 is 0 Å². The number of primary amides is 1. The van der Waals surface area contributed by atoms with Crippen LogP contribution in [0.15, 0.2) is 58.9 Å². The number of nitrogens with two attached hydrogens (primary N) is 1. The van der Waals surface area contributed by atoms with Gasteiger partial charge in [0, 0.05) is 43.3 Å². The molecule has 10 nitrogen and oxygen atoms in total. The Balaban J connectivity index is 2.59. The molecule has 7 unspecified atom stereocenters. The lowest BCUT2D eigenvalue weighted by atomic mass is 9.84. The molecule has 2 rings (SSSR count). The Kier molecular flexibility index (Phi) is 11.6. The van der Waals surface area contributed by atoms with Crippen molar-refractivity contribution in [3.05, 3.63) is 58.9 Å². The molecule has 2 amide bonds. The number of Topliss-reactive ketones (excluding diaryl/α,β-unsaturated/α-hetero) is 1. The van der Waals surface area contributed by atoms with E-state index in [0.717, 1.165) is 17.7 Å². The molecule has 0 aromatic rings.